The number of carbonyl (C=O) groups is 2. The number of nitrogens with one attached hydrogen (secondary N) is 2. The van der Waals surface area contributed by atoms with Crippen LogP contribution in [0, 0.1) is 0 Å². The van der Waals surface area contributed by atoms with Gasteiger partial charge in [-0.2, -0.15) is 0 Å². The van der Waals surface area contributed by atoms with Crippen LogP contribution in [0.4, 0.5) is 0 Å². The van der Waals surface area contributed by atoms with E-state index in [1.165, 1.54) is 18.1 Å². The van der Waals surface area contributed by atoms with Gasteiger partial charge in [-0.15, -0.1) is 5.73 Å². The first-order chi connectivity index (χ1) is 8.78. The molecule has 0 radical (unpaired) electrons. The predicted octanol–water partition coefficient (Wildman–Crippen LogP) is -0.904. The van der Waals surface area contributed by atoms with Crippen molar-refractivity contribution in [3.8, 4) is 0 Å². The normalized spacial score (nSPS) is 13.4. The number of aliphatic carboxylic acids is 1. The Morgan fingerprint density at radius 3 is 2.63 bits per heavy atom. The largest absolute Gasteiger partial charge is 0.481 e. The summed E-state index contributed by atoms with van der Waals surface area (Å²) in [6, 6.07) is 0. The minimum atomic E-state index is -2.48. The Morgan fingerprint density at radius 2 is 2.21 bits per heavy atom. The van der Waals surface area contributed by atoms with Crippen molar-refractivity contribution in [1.29, 1.82) is 0 Å². The zero-order chi connectivity index (χ0) is 14.9. The fourth-order valence-corrected chi connectivity index (χ4v) is 1.54. The Balaban J connectivity index is 4.80. The molecular weight excluding hydrogens is 270 g/mol. The van der Waals surface area contributed by atoms with Gasteiger partial charge in [0.2, 0.25) is 6.41 Å². The van der Waals surface area contributed by atoms with Crippen molar-refractivity contribution in [1.82, 2.24) is 10.6 Å². The predicted molar refractivity (Wildman–Crippen MR) is 75.8 cm³/mol. The molecule has 0 bridgehead atoms. The van der Waals surface area contributed by atoms with Gasteiger partial charge in [-0.05, 0) is 12.5 Å². The van der Waals surface area contributed by atoms with Crippen LogP contribution in [0.3, 0.4) is 0 Å². The molecule has 3 N–H and O–H groups in total. The quantitative estimate of drug-likeness (QED) is 0.145. The lowest BCUT2D eigenvalue weighted by Gasteiger charge is -2.16. The average Bonchev–Trinajstić information content (AvgIpc) is 2.29. The maximum absolute atomic E-state index is 11.5. The van der Waals surface area contributed by atoms with E-state index in [9.17, 15) is 13.8 Å². The summed E-state index contributed by atoms with van der Waals surface area (Å²) in [5.41, 5.74) is 4.19. The van der Waals surface area contributed by atoms with Gasteiger partial charge in [-0.25, -0.2) is 0 Å². The molecule has 0 fully saturated rings. The van der Waals surface area contributed by atoms with Gasteiger partial charge < -0.3 is 15.7 Å². The number of rotatable bonds is 9. The van der Waals surface area contributed by atoms with Crippen molar-refractivity contribution in [3.05, 3.63) is 18.0 Å². The summed E-state index contributed by atoms with van der Waals surface area (Å²) >= 11 is 0. The molecule has 108 valence electrons. The highest BCUT2D eigenvalue weighted by atomic mass is 32.2. The van der Waals surface area contributed by atoms with Crippen LogP contribution in [-0.2, 0) is 19.5 Å². The molecule has 0 aliphatic carbocycles. The molecular formula is C11H19N3O4S. The van der Waals surface area contributed by atoms with Crippen LogP contribution in [-0.4, -0.2) is 52.5 Å². The highest BCUT2D eigenvalue weighted by molar-refractivity contribution is 8.13. The fraction of sp³-hybridized carbons (Fsp3) is 0.455. The van der Waals surface area contributed by atoms with E-state index < -0.39 is 22.1 Å². The molecule has 0 aromatic carbocycles. The summed E-state index contributed by atoms with van der Waals surface area (Å²) < 4.78 is 11.5. The van der Waals surface area contributed by atoms with E-state index in [-0.39, 0.29) is 13.0 Å². The monoisotopic (exact) mass is 289 g/mol. The van der Waals surface area contributed by atoms with Gasteiger partial charge in [0, 0.05) is 0 Å². The summed E-state index contributed by atoms with van der Waals surface area (Å²) in [7, 11) is -2.48. The second kappa shape index (κ2) is 8.23. The Labute approximate surface area is 112 Å². The SMILES string of the molecule is C=C=C(CNC=O)N[C@@H](CC(=O)O)/N=C/[SH](C)(C)=O. The Bertz CT molecular complexity index is 449. The molecule has 0 aliphatic heterocycles. The van der Waals surface area contributed by atoms with E-state index in [2.05, 4.69) is 27.9 Å². The molecule has 0 aromatic rings. The Morgan fingerprint density at radius 1 is 1.58 bits per heavy atom. The first kappa shape index (κ1) is 17.1. The number of thiol groups is 1. The molecule has 7 nitrogen and oxygen atoms in total. The number of carboxylic acids is 1. The van der Waals surface area contributed by atoms with Crippen LogP contribution >= 0.6 is 0 Å². The Hall–Kier alpha value is -1.92. The van der Waals surface area contributed by atoms with Crippen LogP contribution in [0.25, 0.3) is 0 Å². The standard InChI is InChI=1S/C11H19N3O4S/c1-4-9(6-12-7-15)14-10(5-11(16)17)13-8-19(2,3)18/h7-8,10,14,19H,1,5-6H2,2-3H3,(H,12,15)(H,16,17)/b13-8+/t10-/m0/s1. The number of carbonyl (C=O) groups excluding carboxylic acids is 1. The summed E-state index contributed by atoms with van der Waals surface area (Å²) in [6.07, 6.45) is 2.46. The summed E-state index contributed by atoms with van der Waals surface area (Å²) in [6.45, 7) is 3.55. The lowest BCUT2D eigenvalue weighted by atomic mass is 10.3. The molecule has 1 atom stereocenters. The van der Waals surface area contributed by atoms with Gasteiger partial charge in [0.15, 0.2) is 0 Å². The van der Waals surface area contributed by atoms with Crippen molar-refractivity contribution in [2.75, 3.05) is 19.1 Å². The van der Waals surface area contributed by atoms with Crippen molar-refractivity contribution >= 4 is 27.9 Å². The highest BCUT2D eigenvalue weighted by Crippen LogP contribution is 1.99. The maximum Gasteiger partial charge on any atom is 0.307 e. The maximum atomic E-state index is 11.5. The smallest absolute Gasteiger partial charge is 0.307 e. The molecule has 0 unspecified atom stereocenters. The fourth-order valence-electron chi connectivity index (χ4n) is 1.06. The van der Waals surface area contributed by atoms with E-state index in [0.29, 0.717) is 12.1 Å². The van der Waals surface area contributed by atoms with E-state index in [4.69, 9.17) is 5.11 Å². The molecule has 0 aliphatic rings. The molecule has 0 rings (SSSR count). The van der Waals surface area contributed by atoms with Crippen LogP contribution in [0.1, 0.15) is 6.42 Å². The first-order valence-electron chi connectivity index (χ1n) is 5.41. The second-order valence-electron chi connectivity index (χ2n) is 4.11. The molecule has 0 saturated carbocycles. The van der Waals surface area contributed by atoms with Crippen molar-refractivity contribution in [3.63, 3.8) is 0 Å². The lowest BCUT2D eigenvalue weighted by Crippen LogP contribution is -2.33. The minimum absolute atomic E-state index is 0.133. The number of carboxylic acid groups (broad SMARTS) is 1. The van der Waals surface area contributed by atoms with Crippen molar-refractivity contribution in [2.45, 2.75) is 12.6 Å². The molecule has 19 heavy (non-hydrogen) atoms. The highest BCUT2D eigenvalue weighted by Gasteiger charge is 2.12. The minimum Gasteiger partial charge on any atom is -0.481 e. The van der Waals surface area contributed by atoms with Gasteiger partial charge in [0.05, 0.1) is 24.2 Å². The topological polar surface area (TPSA) is 108 Å². The first-order valence-corrected chi connectivity index (χ1v) is 8.09. The number of nitrogens with zero attached hydrogens (tertiary/aromatic N) is 1. The van der Waals surface area contributed by atoms with E-state index in [0.717, 1.165) is 0 Å². The van der Waals surface area contributed by atoms with Gasteiger partial charge in [0.25, 0.3) is 0 Å². The zero-order valence-corrected chi connectivity index (χ0v) is 11.8. The molecule has 1 amide bonds. The summed E-state index contributed by atoms with van der Waals surface area (Å²) in [4.78, 5) is 24.8. The number of aliphatic imine (C=N–C) groups is 1. The van der Waals surface area contributed by atoms with Crippen molar-refractivity contribution < 1.29 is 18.9 Å². The van der Waals surface area contributed by atoms with Crippen LogP contribution in [0.2, 0.25) is 0 Å². The molecule has 0 aromatic heterocycles. The summed E-state index contributed by atoms with van der Waals surface area (Å²) in [5.74, 6) is -1.05. The summed E-state index contributed by atoms with van der Waals surface area (Å²) in [5, 5.41) is 13.9. The molecule has 0 heterocycles. The van der Waals surface area contributed by atoms with Crippen LogP contribution in [0.15, 0.2) is 23.0 Å². The second-order valence-corrected chi connectivity index (χ2v) is 7.21. The van der Waals surface area contributed by atoms with E-state index >= 15 is 0 Å². The number of hydrogen-bond acceptors (Lipinski definition) is 5. The third-order valence-electron chi connectivity index (χ3n) is 1.81. The van der Waals surface area contributed by atoms with E-state index in [1.807, 2.05) is 0 Å². The molecule has 0 saturated heterocycles. The van der Waals surface area contributed by atoms with Gasteiger partial charge >= 0.3 is 5.97 Å². The molecule has 8 heteroatoms. The Kier molecular flexibility index (Phi) is 7.40. The van der Waals surface area contributed by atoms with Gasteiger partial charge in [-0.3, -0.25) is 18.8 Å². The zero-order valence-electron chi connectivity index (χ0n) is 10.9. The third-order valence-corrected chi connectivity index (χ3v) is 2.50. The van der Waals surface area contributed by atoms with E-state index in [1.54, 1.807) is 0 Å². The number of hydrogen-bond donors (Lipinski definition) is 4. The lowest BCUT2D eigenvalue weighted by molar-refractivity contribution is -0.137. The van der Waals surface area contributed by atoms with Gasteiger partial charge in [-0.1, -0.05) is 16.5 Å². The van der Waals surface area contributed by atoms with Gasteiger partial charge in [0.1, 0.15) is 6.17 Å². The van der Waals surface area contributed by atoms with Crippen LogP contribution in [0.5, 0.6) is 0 Å². The number of amides is 1. The average molecular weight is 289 g/mol. The molecule has 0 spiro atoms. The van der Waals surface area contributed by atoms with Crippen LogP contribution < -0.4 is 10.6 Å². The van der Waals surface area contributed by atoms with Crippen molar-refractivity contribution in [2.24, 2.45) is 4.99 Å². The third kappa shape index (κ3) is 9.75.